The van der Waals surface area contributed by atoms with E-state index in [9.17, 15) is 14.3 Å². The second-order valence-electron chi connectivity index (χ2n) is 7.79. The minimum absolute atomic E-state index is 0.0133. The predicted molar refractivity (Wildman–Crippen MR) is 120 cm³/mol. The highest BCUT2D eigenvalue weighted by atomic mass is 19.1. The maximum Gasteiger partial charge on any atom is 0.304 e. The van der Waals surface area contributed by atoms with Gasteiger partial charge in [-0.3, -0.25) is 4.79 Å². The third-order valence-electron chi connectivity index (χ3n) is 5.69. The zero-order chi connectivity index (χ0) is 22.2. The van der Waals surface area contributed by atoms with Gasteiger partial charge < -0.3 is 24.8 Å². The van der Waals surface area contributed by atoms with E-state index in [4.69, 9.17) is 9.47 Å². The number of ether oxygens (including phenoxy) is 2. The van der Waals surface area contributed by atoms with Crippen molar-refractivity contribution < 1.29 is 23.8 Å². The number of hydrogen-bond acceptors (Lipinski definition) is 5. The lowest BCUT2D eigenvalue weighted by atomic mass is 9.95. The van der Waals surface area contributed by atoms with Gasteiger partial charge in [0.2, 0.25) is 0 Å². The van der Waals surface area contributed by atoms with Gasteiger partial charge in [0.1, 0.15) is 5.82 Å². The van der Waals surface area contributed by atoms with Crippen molar-refractivity contribution in [3.05, 3.63) is 53.8 Å². The summed E-state index contributed by atoms with van der Waals surface area (Å²) in [5.74, 6) is -1.42. The van der Waals surface area contributed by atoms with Gasteiger partial charge in [0, 0.05) is 44.5 Å². The number of hydrogen-bond donors (Lipinski definition) is 2. The number of nitrogens with one attached hydrogen (secondary N) is 1. The van der Waals surface area contributed by atoms with Crippen LogP contribution >= 0.6 is 0 Å². The fourth-order valence-electron chi connectivity index (χ4n) is 4.15. The third-order valence-corrected chi connectivity index (χ3v) is 5.69. The van der Waals surface area contributed by atoms with E-state index in [2.05, 4.69) is 17.1 Å². The SMILES string of the molecule is CCN(c1ccc([C@@H](COC)CC(=O)O)cc1Nc1ccc(F)cc1)C1CCOCC1. The fourth-order valence-corrected chi connectivity index (χ4v) is 4.15. The van der Waals surface area contributed by atoms with Gasteiger partial charge >= 0.3 is 5.97 Å². The Morgan fingerprint density at radius 2 is 1.97 bits per heavy atom. The zero-order valence-corrected chi connectivity index (χ0v) is 18.1. The first kappa shape index (κ1) is 23.0. The number of anilines is 3. The lowest BCUT2D eigenvalue weighted by Crippen LogP contribution is -2.39. The summed E-state index contributed by atoms with van der Waals surface area (Å²) in [5.41, 5.74) is 3.56. The molecule has 0 amide bonds. The van der Waals surface area contributed by atoms with Gasteiger partial charge in [0.05, 0.1) is 24.4 Å². The van der Waals surface area contributed by atoms with Crippen LogP contribution in [0.15, 0.2) is 42.5 Å². The maximum atomic E-state index is 13.4. The number of carbonyl (C=O) groups is 1. The molecule has 168 valence electrons. The van der Waals surface area contributed by atoms with E-state index in [1.165, 1.54) is 12.1 Å². The number of nitrogens with zero attached hydrogens (tertiary/aromatic N) is 1. The van der Waals surface area contributed by atoms with E-state index in [0.717, 1.165) is 55.2 Å². The van der Waals surface area contributed by atoms with Gasteiger partial charge in [-0.2, -0.15) is 0 Å². The summed E-state index contributed by atoms with van der Waals surface area (Å²) in [6.07, 6.45) is 1.90. The van der Waals surface area contributed by atoms with E-state index in [-0.39, 0.29) is 18.2 Å². The molecule has 31 heavy (non-hydrogen) atoms. The average Bonchev–Trinajstić information content (AvgIpc) is 2.77. The number of carboxylic acids is 1. The molecule has 6 nitrogen and oxygen atoms in total. The topological polar surface area (TPSA) is 71.0 Å². The molecule has 0 saturated carbocycles. The van der Waals surface area contributed by atoms with E-state index in [1.54, 1.807) is 19.2 Å². The van der Waals surface area contributed by atoms with Crippen LogP contribution in [0.4, 0.5) is 21.5 Å². The molecule has 1 atom stereocenters. The van der Waals surface area contributed by atoms with Crippen molar-refractivity contribution in [3.8, 4) is 0 Å². The summed E-state index contributed by atoms with van der Waals surface area (Å²) in [6.45, 7) is 4.77. The van der Waals surface area contributed by atoms with Crippen molar-refractivity contribution >= 4 is 23.0 Å². The second kappa shape index (κ2) is 11.1. The standard InChI is InChI=1S/C24H31FN2O4/c1-3-27(21-10-12-31-13-11-21)23-9-4-17(18(16-30-2)15-24(28)29)14-22(23)26-20-7-5-19(25)6-8-20/h4-9,14,18,21,26H,3,10-13,15-16H2,1-2H3,(H,28,29)/t18-/m1/s1. The van der Waals surface area contributed by atoms with Crippen molar-refractivity contribution in [3.63, 3.8) is 0 Å². The molecule has 0 spiro atoms. The quantitative estimate of drug-likeness (QED) is 0.565. The van der Waals surface area contributed by atoms with E-state index < -0.39 is 5.97 Å². The van der Waals surface area contributed by atoms with Crippen molar-refractivity contribution in [2.45, 2.75) is 38.1 Å². The van der Waals surface area contributed by atoms with Crippen LogP contribution < -0.4 is 10.2 Å². The molecule has 0 unspecified atom stereocenters. The van der Waals surface area contributed by atoms with E-state index in [0.29, 0.717) is 12.6 Å². The van der Waals surface area contributed by atoms with Crippen molar-refractivity contribution in [2.24, 2.45) is 0 Å². The Bertz CT molecular complexity index is 853. The van der Waals surface area contributed by atoms with Crippen LogP contribution in [-0.2, 0) is 14.3 Å². The second-order valence-corrected chi connectivity index (χ2v) is 7.79. The molecule has 1 saturated heterocycles. The van der Waals surface area contributed by atoms with Crippen LogP contribution in [0, 0.1) is 5.82 Å². The Kier molecular flexibility index (Phi) is 8.26. The molecular formula is C24H31FN2O4. The molecule has 1 heterocycles. The smallest absolute Gasteiger partial charge is 0.304 e. The fraction of sp³-hybridized carbons (Fsp3) is 0.458. The van der Waals surface area contributed by atoms with Gasteiger partial charge in [-0.25, -0.2) is 4.39 Å². The van der Waals surface area contributed by atoms with Gasteiger partial charge in [-0.15, -0.1) is 0 Å². The Balaban J connectivity index is 1.99. The molecule has 2 aromatic carbocycles. The van der Waals surface area contributed by atoms with Gasteiger partial charge in [-0.1, -0.05) is 6.07 Å². The van der Waals surface area contributed by atoms with Crippen molar-refractivity contribution in [1.29, 1.82) is 0 Å². The summed E-state index contributed by atoms with van der Waals surface area (Å²) in [6, 6.07) is 12.6. The highest BCUT2D eigenvalue weighted by molar-refractivity contribution is 5.77. The lowest BCUT2D eigenvalue weighted by molar-refractivity contribution is -0.137. The first-order valence-electron chi connectivity index (χ1n) is 10.7. The Hall–Kier alpha value is -2.64. The van der Waals surface area contributed by atoms with Gasteiger partial charge in [0.25, 0.3) is 0 Å². The minimum atomic E-state index is -0.864. The summed E-state index contributed by atoms with van der Waals surface area (Å²) >= 11 is 0. The van der Waals surface area contributed by atoms with Gasteiger partial charge in [-0.05, 0) is 61.7 Å². The molecule has 2 N–H and O–H groups in total. The number of benzene rings is 2. The molecule has 0 bridgehead atoms. The molecular weight excluding hydrogens is 399 g/mol. The molecule has 1 aliphatic heterocycles. The van der Waals surface area contributed by atoms with Gasteiger partial charge in [0.15, 0.2) is 0 Å². The van der Waals surface area contributed by atoms with Crippen LogP contribution in [0.25, 0.3) is 0 Å². The number of rotatable bonds is 10. The third kappa shape index (κ3) is 6.18. The first-order chi connectivity index (χ1) is 15.0. The zero-order valence-electron chi connectivity index (χ0n) is 18.1. The Morgan fingerprint density at radius 1 is 1.26 bits per heavy atom. The molecule has 1 fully saturated rings. The molecule has 3 rings (SSSR count). The largest absolute Gasteiger partial charge is 0.481 e. The minimum Gasteiger partial charge on any atom is -0.481 e. The molecule has 0 aliphatic carbocycles. The number of aliphatic carboxylic acids is 1. The predicted octanol–water partition coefficient (Wildman–Crippen LogP) is 4.78. The number of carboxylic acid groups (broad SMARTS) is 1. The van der Waals surface area contributed by atoms with Crippen LogP contribution in [0.1, 0.15) is 37.7 Å². The monoisotopic (exact) mass is 430 g/mol. The van der Waals surface area contributed by atoms with Crippen LogP contribution in [0.2, 0.25) is 0 Å². The summed E-state index contributed by atoms with van der Waals surface area (Å²) in [7, 11) is 1.57. The van der Waals surface area contributed by atoms with E-state index in [1.807, 2.05) is 18.2 Å². The first-order valence-corrected chi connectivity index (χ1v) is 10.7. The molecule has 1 aliphatic rings. The normalized spacial score (nSPS) is 15.5. The van der Waals surface area contributed by atoms with E-state index >= 15 is 0 Å². The van der Waals surface area contributed by atoms with Crippen LogP contribution in [0.3, 0.4) is 0 Å². The summed E-state index contributed by atoms with van der Waals surface area (Å²) in [5, 5.41) is 12.7. The number of methoxy groups -OCH3 is 1. The highest BCUT2D eigenvalue weighted by Gasteiger charge is 2.24. The summed E-state index contributed by atoms with van der Waals surface area (Å²) < 4.78 is 24.2. The van der Waals surface area contributed by atoms with Crippen LogP contribution in [-0.4, -0.2) is 50.6 Å². The number of halogens is 1. The molecule has 7 heteroatoms. The average molecular weight is 431 g/mol. The highest BCUT2D eigenvalue weighted by Crippen LogP contribution is 2.35. The Morgan fingerprint density at radius 3 is 2.58 bits per heavy atom. The van der Waals surface area contributed by atoms with Crippen LogP contribution in [0.5, 0.6) is 0 Å². The lowest BCUT2D eigenvalue weighted by Gasteiger charge is -2.37. The summed E-state index contributed by atoms with van der Waals surface area (Å²) in [4.78, 5) is 13.7. The Labute approximate surface area is 183 Å². The maximum absolute atomic E-state index is 13.4. The van der Waals surface area contributed by atoms with Crippen molar-refractivity contribution in [1.82, 2.24) is 0 Å². The molecule has 2 aromatic rings. The van der Waals surface area contributed by atoms with Crippen molar-refractivity contribution in [2.75, 3.05) is 43.7 Å². The molecule has 0 radical (unpaired) electrons. The molecule has 0 aromatic heterocycles.